The van der Waals surface area contributed by atoms with Crippen molar-refractivity contribution in [3.05, 3.63) is 57.8 Å². The average Bonchev–Trinajstić information content (AvgIpc) is 2.65. The zero-order valence-electron chi connectivity index (χ0n) is 13.2. The molecule has 0 atom stereocenters. The number of halogens is 2. The van der Waals surface area contributed by atoms with Crippen LogP contribution >= 0.6 is 23.2 Å². The second-order valence-corrected chi connectivity index (χ2v) is 6.21. The summed E-state index contributed by atoms with van der Waals surface area (Å²) in [6, 6.07) is 6.46. The number of carbonyl (C=O) groups is 2. The second kappa shape index (κ2) is 7.82. The molecule has 1 aromatic heterocycles. The summed E-state index contributed by atoms with van der Waals surface area (Å²) in [7, 11) is 0. The normalized spacial score (nSPS) is 14.2. The minimum Gasteiger partial charge on any atom is -0.378 e. The lowest BCUT2D eigenvalue weighted by atomic mass is 10.1. The van der Waals surface area contributed by atoms with Gasteiger partial charge in [-0.1, -0.05) is 29.3 Å². The number of anilines is 1. The summed E-state index contributed by atoms with van der Waals surface area (Å²) >= 11 is 12.0. The van der Waals surface area contributed by atoms with Crippen LogP contribution in [-0.4, -0.2) is 48.0 Å². The lowest BCUT2D eigenvalue weighted by molar-refractivity contribution is 0.0302. The molecule has 6 nitrogen and oxygen atoms in total. The first-order valence-corrected chi connectivity index (χ1v) is 8.39. The van der Waals surface area contributed by atoms with E-state index in [1.807, 2.05) is 0 Å². The third-order valence-corrected chi connectivity index (χ3v) is 4.56. The minimum atomic E-state index is -0.423. The summed E-state index contributed by atoms with van der Waals surface area (Å²) in [5, 5.41) is 3.27. The van der Waals surface area contributed by atoms with Gasteiger partial charge in [0.25, 0.3) is 11.8 Å². The van der Waals surface area contributed by atoms with Crippen LogP contribution in [0, 0.1) is 0 Å². The topological polar surface area (TPSA) is 71.5 Å². The summed E-state index contributed by atoms with van der Waals surface area (Å²) in [6.07, 6.45) is 2.84. The van der Waals surface area contributed by atoms with Crippen LogP contribution in [0.3, 0.4) is 0 Å². The molecule has 0 aliphatic carbocycles. The second-order valence-electron chi connectivity index (χ2n) is 5.42. The Morgan fingerprint density at radius 3 is 2.60 bits per heavy atom. The first kappa shape index (κ1) is 17.7. The highest BCUT2D eigenvalue weighted by atomic mass is 35.5. The van der Waals surface area contributed by atoms with Gasteiger partial charge < -0.3 is 15.0 Å². The molecule has 0 radical (unpaired) electrons. The Bertz CT molecular complexity index is 807. The summed E-state index contributed by atoms with van der Waals surface area (Å²) in [6.45, 7) is 2.06. The Labute approximate surface area is 154 Å². The fraction of sp³-hybridized carbons (Fsp3) is 0.235. The van der Waals surface area contributed by atoms with Gasteiger partial charge in [-0.25, -0.2) is 0 Å². The van der Waals surface area contributed by atoms with Gasteiger partial charge in [0.1, 0.15) is 0 Å². The maximum absolute atomic E-state index is 12.5. The Morgan fingerprint density at radius 2 is 1.84 bits per heavy atom. The number of pyridine rings is 1. The number of benzene rings is 1. The molecular formula is C17H15Cl2N3O3. The van der Waals surface area contributed by atoms with Crippen molar-refractivity contribution < 1.29 is 14.3 Å². The zero-order chi connectivity index (χ0) is 17.8. The number of nitrogens with one attached hydrogen (secondary N) is 1. The maximum atomic E-state index is 12.5. The molecule has 130 valence electrons. The van der Waals surface area contributed by atoms with Gasteiger partial charge in [-0.2, -0.15) is 0 Å². The van der Waals surface area contributed by atoms with Gasteiger partial charge in [-0.3, -0.25) is 14.6 Å². The van der Waals surface area contributed by atoms with Gasteiger partial charge in [0.15, 0.2) is 0 Å². The number of morpholine rings is 1. The molecule has 0 spiro atoms. The predicted molar refractivity (Wildman–Crippen MR) is 95.4 cm³/mol. The van der Waals surface area contributed by atoms with E-state index in [0.717, 1.165) is 0 Å². The summed E-state index contributed by atoms with van der Waals surface area (Å²) < 4.78 is 5.24. The van der Waals surface area contributed by atoms with Crippen molar-refractivity contribution in [2.75, 3.05) is 31.6 Å². The van der Waals surface area contributed by atoms with Gasteiger partial charge in [0, 0.05) is 25.5 Å². The third-order valence-electron chi connectivity index (χ3n) is 3.75. The molecule has 1 N–H and O–H groups in total. The average molecular weight is 380 g/mol. The number of rotatable bonds is 3. The highest BCUT2D eigenvalue weighted by Gasteiger charge is 2.20. The van der Waals surface area contributed by atoms with Crippen molar-refractivity contribution in [1.82, 2.24) is 9.88 Å². The highest BCUT2D eigenvalue weighted by molar-refractivity contribution is 6.44. The van der Waals surface area contributed by atoms with Crippen LogP contribution in [0.25, 0.3) is 0 Å². The van der Waals surface area contributed by atoms with E-state index in [-0.39, 0.29) is 16.5 Å². The minimum absolute atomic E-state index is 0.175. The number of hydrogen-bond donors (Lipinski definition) is 1. The molecular weight excluding hydrogens is 365 g/mol. The number of amides is 2. The van der Waals surface area contributed by atoms with Gasteiger partial charge in [0.2, 0.25) is 0 Å². The van der Waals surface area contributed by atoms with E-state index in [1.165, 1.54) is 18.5 Å². The van der Waals surface area contributed by atoms with Crippen molar-refractivity contribution in [1.29, 1.82) is 0 Å². The van der Waals surface area contributed by atoms with Gasteiger partial charge >= 0.3 is 0 Å². The van der Waals surface area contributed by atoms with Crippen LogP contribution < -0.4 is 5.32 Å². The van der Waals surface area contributed by atoms with Crippen molar-refractivity contribution in [2.45, 2.75) is 0 Å². The smallest absolute Gasteiger partial charge is 0.257 e. The van der Waals surface area contributed by atoms with Gasteiger partial charge in [-0.05, 0) is 18.2 Å². The molecule has 25 heavy (non-hydrogen) atoms. The van der Waals surface area contributed by atoms with E-state index >= 15 is 0 Å². The lowest BCUT2D eigenvalue weighted by Gasteiger charge is -2.26. The van der Waals surface area contributed by atoms with E-state index in [9.17, 15) is 9.59 Å². The zero-order valence-corrected chi connectivity index (χ0v) is 14.7. The first-order valence-electron chi connectivity index (χ1n) is 7.63. The molecule has 0 unspecified atom stereocenters. The molecule has 1 aliphatic heterocycles. The van der Waals surface area contributed by atoms with E-state index in [0.29, 0.717) is 42.6 Å². The molecule has 1 saturated heterocycles. The highest BCUT2D eigenvalue weighted by Crippen LogP contribution is 2.29. The van der Waals surface area contributed by atoms with Gasteiger partial charge in [-0.15, -0.1) is 0 Å². The largest absolute Gasteiger partial charge is 0.378 e. The predicted octanol–water partition coefficient (Wildman–Crippen LogP) is 3.11. The third kappa shape index (κ3) is 4.10. The molecule has 0 saturated carbocycles. The van der Waals surface area contributed by atoms with E-state index in [4.69, 9.17) is 27.9 Å². The first-order chi connectivity index (χ1) is 12.1. The number of aromatic nitrogens is 1. The van der Waals surface area contributed by atoms with E-state index < -0.39 is 5.91 Å². The molecule has 8 heteroatoms. The van der Waals surface area contributed by atoms with Crippen LogP contribution in [0.4, 0.5) is 5.69 Å². The molecule has 3 rings (SSSR count). The summed E-state index contributed by atoms with van der Waals surface area (Å²) in [5.74, 6) is -0.598. The Morgan fingerprint density at radius 1 is 1.12 bits per heavy atom. The SMILES string of the molecule is O=C(Nc1cccc(Cl)c1Cl)c1cncc(C(=O)N2CCOCC2)c1. The number of hydrogen-bond acceptors (Lipinski definition) is 4. The van der Waals surface area contributed by atoms with Crippen LogP contribution in [-0.2, 0) is 4.74 Å². The standard InChI is InChI=1S/C17H15Cl2N3O3/c18-13-2-1-3-14(15(13)19)21-16(23)11-8-12(10-20-9-11)17(24)22-4-6-25-7-5-22/h1-3,8-10H,4-7H2,(H,21,23). The summed E-state index contributed by atoms with van der Waals surface area (Å²) in [4.78, 5) is 30.6. The summed E-state index contributed by atoms with van der Waals surface area (Å²) in [5.41, 5.74) is 1.01. The number of ether oxygens (including phenoxy) is 1. The molecule has 1 aliphatic rings. The Balaban J connectivity index is 1.77. The van der Waals surface area contributed by atoms with Crippen LogP contribution in [0.5, 0.6) is 0 Å². The lowest BCUT2D eigenvalue weighted by Crippen LogP contribution is -2.40. The fourth-order valence-corrected chi connectivity index (χ4v) is 2.77. The van der Waals surface area contributed by atoms with Crippen molar-refractivity contribution >= 4 is 40.7 Å². The fourth-order valence-electron chi connectivity index (χ4n) is 2.42. The molecule has 0 bridgehead atoms. The number of nitrogens with zero attached hydrogens (tertiary/aromatic N) is 2. The molecule has 2 amide bonds. The number of carbonyl (C=O) groups excluding carboxylic acids is 2. The molecule has 2 heterocycles. The maximum Gasteiger partial charge on any atom is 0.257 e. The van der Waals surface area contributed by atoms with Crippen LogP contribution in [0.1, 0.15) is 20.7 Å². The van der Waals surface area contributed by atoms with E-state index in [1.54, 1.807) is 23.1 Å². The monoisotopic (exact) mass is 379 g/mol. The van der Waals surface area contributed by atoms with Crippen molar-refractivity contribution in [3.8, 4) is 0 Å². The molecule has 1 aromatic carbocycles. The molecule has 1 fully saturated rings. The Hall–Kier alpha value is -2.15. The van der Waals surface area contributed by atoms with Crippen molar-refractivity contribution in [3.63, 3.8) is 0 Å². The Kier molecular flexibility index (Phi) is 5.53. The van der Waals surface area contributed by atoms with Gasteiger partial charge in [0.05, 0.1) is 40.1 Å². The van der Waals surface area contributed by atoms with Crippen LogP contribution in [0.2, 0.25) is 10.0 Å². The quantitative estimate of drug-likeness (QED) is 0.888. The van der Waals surface area contributed by atoms with Crippen molar-refractivity contribution in [2.24, 2.45) is 0 Å². The van der Waals surface area contributed by atoms with E-state index in [2.05, 4.69) is 10.3 Å². The van der Waals surface area contributed by atoms with Crippen LogP contribution in [0.15, 0.2) is 36.7 Å². The molecule has 2 aromatic rings.